The molecule has 0 spiro atoms. The van der Waals surface area contributed by atoms with E-state index < -0.39 is 17.7 Å². The van der Waals surface area contributed by atoms with E-state index in [2.05, 4.69) is 4.98 Å². The standard InChI is InChI=1S/C26H23ClN2O4/c1-3-14-33-20-12-9-18(15-16(20)2)24(30)22-23(17-7-10-19(27)11-8-17)29(26(32)25(22)31)21-6-4-5-13-28-21/h4-13,15,23,30H,3,14H2,1-2H3. The fourth-order valence-electron chi connectivity index (χ4n) is 3.85. The Labute approximate surface area is 197 Å². The maximum atomic E-state index is 13.2. The Morgan fingerprint density at radius 3 is 2.52 bits per heavy atom. The van der Waals surface area contributed by atoms with Crippen LogP contribution in [0.15, 0.2) is 72.4 Å². The molecule has 7 heteroatoms. The highest BCUT2D eigenvalue weighted by molar-refractivity contribution is 6.51. The third kappa shape index (κ3) is 4.34. The molecule has 1 atom stereocenters. The molecule has 1 fully saturated rings. The fourth-order valence-corrected chi connectivity index (χ4v) is 3.98. The second-order valence-corrected chi connectivity index (χ2v) is 8.17. The van der Waals surface area contributed by atoms with Crippen LogP contribution in [0.25, 0.3) is 5.76 Å². The molecule has 1 aromatic heterocycles. The van der Waals surface area contributed by atoms with Crippen LogP contribution in [-0.2, 0) is 9.59 Å². The first-order chi connectivity index (χ1) is 15.9. The molecule has 2 aromatic carbocycles. The summed E-state index contributed by atoms with van der Waals surface area (Å²) < 4.78 is 5.71. The number of rotatable bonds is 6. The summed E-state index contributed by atoms with van der Waals surface area (Å²) in [7, 11) is 0. The number of aryl methyl sites for hydroxylation is 1. The summed E-state index contributed by atoms with van der Waals surface area (Å²) in [5, 5.41) is 11.8. The minimum absolute atomic E-state index is 0.00500. The first-order valence-electron chi connectivity index (χ1n) is 10.6. The Morgan fingerprint density at radius 2 is 1.88 bits per heavy atom. The van der Waals surface area contributed by atoms with Gasteiger partial charge in [0.25, 0.3) is 5.78 Å². The Hall–Kier alpha value is -3.64. The Morgan fingerprint density at radius 1 is 1.12 bits per heavy atom. The molecular formula is C26H23ClN2O4. The Balaban J connectivity index is 1.86. The van der Waals surface area contributed by atoms with E-state index in [1.165, 1.54) is 4.90 Å². The van der Waals surface area contributed by atoms with Crippen molar-refractivity contribution in [2.24, 2.45) is 0 Å². The van der Waals surface area contributed by atoms with Gasteiger partial charge in [0.15, 0.2) is 0 Å². The lowest BCUT2D eigenvalue weighted by Gasteiger charge is -2.24. The van der Waals surface area contributed by atoms with E-state index >= 15 is 0 Å². The lowest BCUT2D eigenvalue weighted by atomic mass is 9.95. The molecule has 1 N–H and O–H groups in total. The number of anilines is 1. The van der Waals surface area contributed by atoms with Crippen molar-refractivity contribution in [2.45, 2.75) is 26.3 Å². The Kier molecular flexibility index (Phi) is 6.47. The number of nitrogens with zero attached hydrogens (tertiary/aromatic N) is 2. The van der Waals surface area contributed by atoms with Gasteiger partial charge in [-0.05, 0) is 66.9 Å². The molecule has 0 radical (unpaired) electrons. The van der Waals surface area contributed by atoms with E-state index in [0.717, 1.165) is 12.0 Å². The van der Waals surface area contributed by atoms with Crippen LogP contribution in [0.1, 0.15) is 36.1 Å². The van der Waals surface area contributed by atoms with Gasteiger partial charge in [-0.2, -0.15) is 0 Å². The van der Waals surface area contributed by atoms with Crippen LogP contribution in [-0.4, -0.2) is 28.4 Å². The topological polar surface area (TPSA) is 79.7 Å². The zero-order chi connectivity index (χ0) is 23.5. The number of amides is 1. The lowest BCUT2D eigenvalue weighted by Crippen LogP contribution is -2.30. The second kappa shape index (κ2) is 9.46. The zero-order valence-corrected chi connectivity index (χ0v) is 19.0. The monoisotopic (exact) mass is 462 g/mol. The van der Waals surface area contributed by atoms with Crippen molar-refractivity contribution in [1.82, 2.24) is 4.98 Å². The van der Waals surface area contributed by atoms with Crippen LogP contribution in [0.3, 0.4) is 0 Å². The van der Waals surface area contributed by atoms with E-state index in [-0.39, 0.29) is 11.3 Å². The van der Waals surface area contributed by atoms with Gasteiger partial charge in [-0.25, -0.2) is 4.98 Å². The highest BCUT2D eigenvalue weighted by Crippen LogP contribution is 2.42. The molecule has 0 bridgehead atoms. The van der Waals surface area contributed by atoms with Crippen molar-refractivity contribution in [2.75, 3.05) is 11.5 Å². The number of aliphatic hydroxyl groups is 1. The van der Waals surface area contributed by atoms with Crippen LogP contribution in [0, 0.1) is 6.92 Å². The van der Waals surface area contributed by atoms with Gasteiger partial charge in [0, 0.05) is 16.8 Å². The highest BCUT2D eigenvalue weighted by atomic mass is 35.5. The number of benzene rings is 2. The van der Waals surface area contributed by atoms with Gasteiger partial charge in [-0.3, -0.25) is 14.5 Å². The van der Waals surface area contributed by atoms with Gasteiger partial charge in [0.05, 0.1) is 18.2 Å². The molecular weight excluding hydrogens is 440 g/mol. The quantitative estimate of drug-likeness (QED) is 0.299. The van der Waals surface area contributed by atoms with E-state index in [9.17, 15) is 14.7 Å². The lowest BCUT2D eigenvalue weighted by molar-refractivity contribution is -0.132. The number of Topliss-reactive ketones (excluding diaryl/α,β-unsaturated/α-hetero) is 1. The first kappa shape index (κ1) is 22.6. The number of carbonyl (C=O) groups is 2. The number of halogens is 1. The van der Waals surface area contributed by atoms with Crippen LogP contribution in [0.4, 0.5) is 5.82 Å². The maximum absolute atomic E-state index is 13.2. The van der Waals surface area contributed by atoms with Crippen molar-refractivity contribution < 1.29 is 19.4 Å². The summed E-state index contributed by atoms with van der Waals surface area (Å²) >= 11 is 6.06. The van der Waals surface area contributed by atoms with E-state index in [1.807, 2.05) is 13.8 Å². The molecule has 2 heterocycles. The largest absolute Gasteiger partial charge is 0.507 e. The summed E-state index contributed by atoms with van der Waals surface area (Å²) in [5.41, 5.74) is 1.86. The maximum Gasteiger partial charge on any atom is 0.301 e. The molecule has 168 valence electrons. The molecule has 1 aliphatic rings. The third-order valence-corrected chi connectivity index (χ3v) is 5.69. The predicted octanol–water partition coefficient (Wildman–Crippen LogP) is 5.46. The van der Waals surface area contributed by atoms with Gasteiger partial charge in [-0.15, -0.1) is 0 Å². The average molecular weight is 463 g/mol. The number of hydrogen-bond acceptors (Lipinski definition) is 5. The van der Waals surface area contributed by atoms with Gasteiger partial charge in [-0.1, -0.05) is 36.7 Å². The van der Waals surface area contributed by atoms with Crippen molar-refractivity contribution in [3.8, 4) is 5.75 Å². The number of ether oxygens (including phenoxy) is 1. The highest BCUT2D eigenvalue weighted by Gasteiger charge is 2.47. The van der Waals surface area contributed by atoms with Gasteiger partial charge >= 0.3 is 5.91 Å². The van der Waals surface area contributed by atoms with Crippen LogP contribution >= 0.6 is 11.6 Å². The minimum atomic E-state index is -0.853. The molecule has 3 aromatic rings. The van der Waals surface area contributed by atoms with Crippen LogP contribution < -0.4 is 9.64 Å². The number of aromatic nitrogens is 1. The fraction of sp³-hybridized carbons (Fsp3) is 0.192. The molecule has 4 rings (SSSR count). The molecule has 0 aliphatic carbocycles. The summed E-state index contributed by atoms with van der Waals surface area (Å²) in [6.45, 7) is 4.47. The Bertz CT molecular complexity index is 1220. The summed E-state index contributed by atoms with van der Waals surface area (Å²) in [4.78, 5) is 31.8. The third-order valence-electron chi connectivity index (χ3n) is 5.44. The minimum Gasteiger partial charge on any atom is -0.507 e. The smallest absolute Gasteiger partial charge is 0.301 e. The van der Waals surface area contributed by atoms with E-state index in [0.29, 0.717) is 34.3 Å². The van der Waals surface area contributed by atoms with Crippen LogP contribution in [0.5, 0.6) is 5.75 Å². The number of hydrogen-bond donors (Lipinski definition) is 1. The molecule has 1 aliphatic heterocycles. The average Bonchev–Trinajstić information content (AvgIpc) is 3.09. The molecule has 6 nitrogen and oxygen atoms in total. The normalized spacial score (nSPS) is 17.4. The molecule has 1 unspecified atom stereocenters. The summed E-state index contributed by atoms with van der Waals surface area (Å²) in [5.74, 6) is -0.761. The van der Waals surface area contributed by atoms with Crippen molar-refractivity contribution in [3.05, 3.63) is 94.1 Å². The second-order valence-electron chi connectivity index (χ2n) is 7.74. The van der Waals surface area contributed by atoms with E-state index in [1.54, 1.807) is 66.9 Å². The number of carbonyl (C=O) groups excluding carboxylic acids is 2. The molecule has 1 saturated heterocycles. The van der Waals surface area contributed by atoms with Gasteiger partial charge < -0.3 is 9.84 Å². The van der Waals surface area contributed by atoms with Gasteiger partial charge in [0.2, 0.25) is 0 Å². The number of pyridine rings is 1. The summed E-state index contributed by atoms with van der Waals surface area (Å²) in [6, 6.07) is 16.3. The SMILES string of the molecule is CCCOc1ccc(C(O)=C2C(=O)C(=O)N(c3ccccn3)C2c2ccc(Cl)cc2)cc1C. The summed E-state index contributed by atoms with van der Waals surface area (Å²) in [6.07, 6.45) is 2.42. The number of aliphatic hydroxyl groups excluding tert-OH is 1. The molecule has 1 amide bonds. The van der Waals surface area contributed by atoms with E-state index in [4.69, 9.17) is 16.3 Å². The van der Waals surface area contributed by atoms with Crippen molar-refractivity contribution in [3.63, 3.8) is 0 Å². The zero-order valence-electron chi connectivity index (χ0n) is 18.3. The molecule has 33 heavy (non-hydrogen) atoms. The predicted molar refractivity (Wildman–Crippen MR) is 127 cm³/mol. The van der Waals surface area contributed by atoms with Crippen molar-refractivity contribution >= 4 is 34.9 Å². The number of ketones is 1. The molecule has 0 saturated carbocycles. The van der Waals surface area contributed by atoms with Crippen molar-refractivity contribution in [1.29, 1.82) is 0 Å². The van der Waals surface area contributed by atoms with Crippen LogP contribution in [0.2, 0.25) is 5.02 Å². The van der Waals surface area contributed by atoms with Gasteiger partial charge in [0.1, 0.15) is 17.3 Å². The first-order valence-corrected chi connectivity index (χ1v) is 11.0.